The molecule has 1 rings (SSSR count). The first-order valence-corrected chi connectivity index (χ1v) is 7.87. The van der Waals surface area contributed by atoms with Gasteiger partial charge >= 0.3 is 5.97 Å². The first-order valence-electron chi connectivity index (χ1n) is 7.87. The average molecular weight is 290 g/mol. The standard InChI is InChI=1S/C18H26O3/c1-3-4-5-6-7-11-14-16(17(19)18(20)21-2)15-12-9-8-10-13-15/h8-10,12-13,16H,3-7,11,14H2,1-2H3. The summed E-state index contributed by atoms with van der Waals surface area (Å²) in [5, 5.41) is 0. The number of hydrogen-bond donors (Lipinski definition) is 0. The van der Waals surface area contributed by atoms with Crippen LogP contribution in [0.15, 0.2) is 30.3 Å². The van der Waals surface area contributed by atoms with Crippen molar-refractivity contribution in [3.63, 3.8) is 0 Å². The fourth-order valence-electron chi connectivity index (χ4n) is 2.51. The van der Waals surface area contributed by atoms with Gasteiger partial charge in [-0.1, -0.05) is 75.8 Å². The Morgan fingerprint density at radius 2 is 1.62 bits per heavy atom. The summed E-state index contributed by atoms with van der Waals surface area (Å²) in [6, 6.07) is 9.52. The first-order chi connectivity index (χ1) is 10.2. The van der Waals surface area contributed by atoms with Crippen molar-refractivity contribution < 1.29 is 14.3 Å². The van der Waals surface area contributed by atoms with Crippen molar-refractivity contribution in [2.75, 3.05) is 7.11 Å². The molecule has 21 heavy (non-hydrogen) atoms. The molecule has 0 aromatic heterocycles. The van der Waals surface area contributed by atoms with Gasteiger partial charge in [-0.05, 0) is 12.0 Å². The van der Waals surface area contributed by atoms with Crippen LogP contribution in [0.1, 0.15) is 63.4 Å². The van der Waals surface area contributed by atoms with E-state index in [9.17, 15) is 9.59 Å². The zero-order valence-electron chi connectivity index (χ0n) is 13.1. The highest BCUT2D eigenvalue weighted by atomic mass is 16.5. The largest absolute Gasteiger partial charge is 0.463 e. The minimum atomic E-state index is -0.741. The molecule has 0 amide bonds. The van der Waals surface area contributed by atoms with Crippen LogP contribution in [0.4, 0.5) is 0 Å². The molecule has 0 saturated heterocycles. The molecule has 0 aliphatic heterocycles. The lowest BCUT2D eigenvalue weighted by Gasteiger charge is -2.14. The molecule has 0 aliphatic carbocycles. The molecule has 1 aromatic rings. The number of ketones is 1. The molecule has 0 spiro atoms. The van der Waals surface area contributed by atoms with Gasteiger partial charge in [-0.3, -0.25) is 4.79 Å². The number of carbonyl (C=O) groups is 2. The summed E-state index contributed by atoms with van der Waals surface area (Å²) >= 11 is 0. The molecule has 0 heterocycles. The summed E-state index contributed by atoms with van der Waals surface area (Å²) in [5.74, 6) is -1.54. The van der Waals surface area contributed by atoms with E-state index < -0.39 is 11.8 Å². The molecular formula is C18H26O3. The highest BCUT2D eigenvalue weighted by Crippen LogP contribution is 2.24. The van der Waals surface area contributed by atoms with E-state index >= 15 is 0 Å². The molecule has 0 fully saturated rings. The van der Waals surface area contributed by atoms with Crippen molar-refractivity contribution in [3.05, 3.63) is 35.9 Å². The number of rotatable bonds is 10. The van der Waals surface area contributed by atoms with Gasteiger partial charge < -0.3 is 4.74 Å². The lowest BCUT2D eigenvalue weighted by molar-refractivity contribution is -0.152. The van der Waals surface area contributed by atoms with Crippen molar-refractivity contribution in [2.24, 2.45) is 0 Å². The molecule has 1 atom stereocenters. The van der Waals surface area contributed by atoms with Crippen LogP contribution in [-0.2, 0) is 14.3 Å². The van der Waals surface area contributed by atoms with E-state index in [1.54, 1.807) is 0 Å². The Bertz CT molecular complexity index is 425. The topological polar surface area (TPSA) is 43.4 Å². The Morgan fingerprint density at radius 3 is 2.24 bits per heavy atom. The Morgan fingerprint density at radius 1 is 1.00 bits per heavy atom. The van der Waals surface area contributed by atoms with Gasteiger partial charge in [0.1, 0.15) is 0 Å². The van der Waals surface area contributed by atoms with Crippen molar-refractivity contribution >= 4 is 11.8 Å². The van der Waals surface area contributed by atoms with Gasteiger partial charge in [0, 0.05) is 0 Å². The fraction of sp³-hybridized carbons (Fsp3) is 0.556. The number of Topliss-reactive ketones (excluding diaryl/α,β-unsaturated/α-hetero) is 1. The number of methoxy groups -OCH3 is 1. The second-order valence-corrected chi connectivity index (χ2v) is 5.38. The van der Waals surface area contributed by atoms with E-state index in [1.165, 1.54) is 32.8 Å². The second-order valence-electron chi connectivity index (χ2n) is 5.38. The summed E-state index contributed by atoms with van der Waals surface area (Å²) in [7, 11) is 1.26. The molecule has 0 radical (unpaired) electrons. The van der Waals surface area contributed by atoms with Gasteiger partial charge in [0.15, 0.2) is 0 Å². The predicted molar refractivity (Wildman–Crippen MR) is 84.2 cm³/mol. The molecule has 116 valence electrons. The third kappa shape index (κ3) is 6.11. The lowest BCUT2D eigenvalue weighted by Crippen LogP contribution is -2.23. The number of ether oxygens (including phenoxy) is 1. The number of esters is 1. The SMILES string of the molecule is CCCCCCCCC(C(=O)C(=O)OC)c1ccccc1. The summed E-state index contributed by atoms with van der Waals surface area (Å²) in [5.41, 5.74) is 0.904. The molecule has 3 nitrogen and oxygen atoms in total. The maximum atomic E-state index is 12.2. The summed E-state index contributed by atoms with van der Waals surface area (Å²) in [6.07, 6.45) is 7.73. The molecule has 1 aromatic carbocycles. The van der Waals surface area contributed by atoms with Crippen LogP contribution in [0, 0.1) is 0 Å². The van der Waals surface area contributed by atoms with Crippen LogP contribution < -0.4 is 0 Å². The maximum absolute atomic E-state index is 12.2. The second kappa shape index (κ2) is 10.1. The fourth-order valence-corrected chi connectivity index (χ4v) is 2.51. The van der Waals surface area contributed by atoms with Crippen LogP contribution in [0.25, 0.3) is 0 Å². The number of benzene rings is 1. The summed E-state index contributed by atoms with van der Waals surface area (Å²) < 4.78 is 4.59. The smallest absolute Gasteiger partial charge is 0.374 e. The van der Waals surface area contributed by atoms with Crippen molar-refractivity contribution in [1.29, 1.82) is 0 Å². The van der Waals surface area contributed by atoms with E-state index in [1.807, 2.05) is 30.3 Å². The van der Waals surface area contributed by atoms with E-state index in [0.29, 0.717) is 6.42 Å². The Balaban J connectivity index is 2.57. The van der Waals surface area contributed by atoms with Gasteiger partial charge in [0.2, 0.25) is 5.78 Å². The minimum Gasteiger partial charge on any atom is -0.463 e. The first kappa shape index (κ1) is 17.4. The van der Waals surface area contributed by atoms with Crippen LogP contribution >= 0.6 is 0 Å². The Hall–Kier alpha value is -1.64. The zero-order chi connectivity index (χ0) is 15.5. The van der Waals surface area contributed by atoms with Crippen molar-refractivity contribution in [2.45, 2.75) is 57.8 Å². The number of carbonyl (C=O) groups excluding carboxylic acids is 2. The predicted octanol–water partition coefficient (Wildman–Crippen LogP) is 4.26. The Kier molecular flexibility index (Phi) is 8.41. The van der Waals surface area contributed by atoms with Gasteiger partial charge in [-0.2, -0.15) is 0 Å². The van der Waals surface area contributed by atoms with Gasteiger partial charge in [-0.15, -0.1) is 0 Å². The third-order valence-electron chi connectivity index (χ3n) is 3.75. The van der Waals surface area contributed by atoms with Gasteiger partial charge in [0.05, 0.1) is 13.0 Å². The van der Waals surface area contributed by atoms with Gasteiger partial charge in [0.25, 0.3) is 0 Å². The normalized spacial score (nSPS) is 11.9. The Labute approximate surface area is 127 Å². The summed E-state index contributed by atoms with van der Waals surface area (Å²) in [6.45, 7) is 2.19. The number of unbranched alkanes of at least 4 members (excludes halogenated alkanes) is 5. The van der Waals surface area contributed by atoms with Crippen LogP contribution in [0.2, 0.25) is 0 Å². The molecular weight excluding hydrogens is 264 g/mol. The quantitative estimate of drug-likeness (QED) is 0.367. The van der Waals surface area contributed by atoms with E-state index in [0.717, 1.165) is 18.4 Å². The molecule has 0 bridgehead atoms. The van der Waals surface area contributed by atoms with Crippen molar-refractivity contribution in [1.82, 2.24) is 0 Å². The van der Waals surface area contributed by atoms with Crippen LogP contribution in [-0.4, -0.2) is 18.9 Å². The van der Waals surface area contributed by atoms with Crippen LogP contribution in [0.3, 0.4) is 0 Å². The van der Waals surface area contributed by atoms with E-state index in [4.69, 9.17) is 0 Å². The number of hydrogen-bond acceptors (Lipinski definition) is 3. The highest BCUT2D eigenvalue weighted by Gasteiger charge is 2.26. The van der Waals surface area contributed by atoms with Gasteiger partial charge in [-0.25, -0.2) is 4.79 Å². The van der Waals surface area contributed by atoms with E-state index in [2.05, 4.69) is 11.7 Å². The highest BCUT2D eigenvalue weighted by molar-refractivity contribution is 6.35. The molecule has 3 heteroatoms. The molecule has 0 saturated carbocycles. The third-order valence-corrected chi connectivity index (χ3v) is 3.75. The molecule has 1 unspecified atom stereocenters. The lowest BCUT2D eigenvalue weighted by atomic mass is 9.89. The molecule has 0 N–H and O–H groups in total. The monoisotopic (exact) mass is 290 g/mol. The minimum absolute atomic E-state index is 0.371. The summed E-state index contributed by atoms with van der Waals surface area (Å²) in [4.78, 5) is 23.7. The van der Waals surface area contributed by atoms with Crippen molar-refractivity contribution in [3.8, 4) is 0 Å². The maximum Gasteiger partial charge on any atom is 0.374 e. The average Bonchev–Trinajstić information content (AvgIpc) is 2.53. The zero-order valence-corrected chi connectivity index (χ0v) is 13.1. The molecule has 0 aliphatic rings. The van der Waals surface area contributed by atoms with E-state index in [-0.39, 0.29) is 5.92 Å². The van der Waals surface area contributed by atoms with Crippen LogP contribution in [0.5, 0.6) is 0 Å².